The molecule has 3 nitrogen and oxygen atoms in total. The molecule has 1 saturated carbocycles. The SMILES string of the molecule is CCC1CNC2(CCCC2)CN1C1CC2CCC1O2. The molecular formula is C16H28N2O. The Bertz CT molecular complexity index is 340. The van der Waals surface area contributed by atoms with E-state index in [9.17, 15) is 0 Å². The fraction of sp³-hybridized carbons (Fsp3) is 1.00. The second kappa shape index (κ2) is 4.71. The van der Waals surface area contributed by atoms with Gasteiger partial charge in [0.05, 0.1) is 12.2 Å². The van der Waals surface area contributed by atoms with Crippen LogP contribution < -0.4 is 5.32 Å². The Morgan fingerprint density at radius 2 is 2.11 bits per heavy atom. The summed E-state index contributed by atoms with van der Waals surface area (Å²) < 4.78 is 6.12. The third-order valence-electron chi connectivity index (χ3n) is 6.20. The summed E-state index contributed by atoms with van der Waals surface area (Å²) in [5.41, 5.74) is 0.452. The topological polar surface area (TPSA) is 24.5 Å². The smallest absolute Gasteiger partial charge is 0.0736 e. The Kier molecular flexibility index (Phi) is 3.13. The van der Waals surface area contributed by atoms with Gasteiger partial charge in [0.2, 0.25) is 0 Å². The largest absolute Gasteiger partial charge is 0.373 e. The summed E-state index contributed by atoms with van der Waals surface area (Å²) in [4.78, 5) is 2.85. The van der Waals surface area contributed by atoms with Crippen LogP contribution >= 0.6 is 0 Å². The van der Waals surface area contributed by atoms with Crippen LogP contribution in [0.1, 0.15) is 58.3 Å². The van der Waals surface area contributed by atoms with E-state index >= 15 is 0 Å². The lowest BCUT2D eigenvalue weighted by molar-refractivity contribution is 0.00765. The number of nitrogens with one attached hydrogen (secondary N) is 1. The van der Waals surface area contributed by atoms with Gasteiger partial charge in [-0.25, -0.2) is 0 Å². The van der Waals surface area contributed by atoms with Crippen LogP contribution in [-0.4, -0.2) is 47.8 Å². The second-order valence-corrected chi connectivity index (χ2v) is 7.28. The molecule has 4 rings (SSSR count). The van der Waals surface area contributed by atoms with Gasteiger partial charge in [0, 0.05) is 30.7 Å². The van der Waals surface area contributed by atoms with Crippen molar-refractivity contribution >= 4 is 0 Å². The highest BCUT2D eigenvalue weighted by atomic mass is 16.5. The molecule has 0 aromatic carbocycles. The molecule has 4 unspecified atom stereocenters. The van der Waals surface area contributed by atoms with Crippen LogP contribution in [0, 0.1) is 0 Å². The van der Waals surface area contributed by atoms with Crippen LogP contribution in [-0.2, 0) is 4.74 Å². The van der Waals surface area contributed by atoms with Crippen LogP contribution in [0.3, 0.4) is 0 Å². The minimum absolute atomic E-state index is 0.452. The second-order valence-electron chi connectivity index (χ2n) is 7.28. The molecule has 4 atom stereocenters. The number of hydrogen-bond acceptors (Lipinski definition) is 3. The standard InChI is InChI=1S/C16H28N2O/c1-2-12-10-17-16(7-3-4-8-16)11-18(12)14-9-13-5-6-15(14)19-13/h12-15,17H,2-11H2,1H3. The van der Waals surface area contributed by atoms with Gasteiger partial charge in [-0.05, 0) is 38.5 Å². The molecule has 3 heteroatoms. The molecule has 0 amide bonds. The van der Waals surface area contributed by atoms with Gasteiger partial charge in [-0.1, -0.05) is 19.8 Å². The summed E-state index contributed by atoms with van der Waals surface area (Å²) in [6.07, 6.45) is 12.0. The van der Waals surface area contributed by atoms with Crippen molar-refractivity contribution in [2.24, 2.45) is 0 Å². The summed E-state index contributed by atoms with van der Waals surface area (Å²) in [6.45, 7) is 4.83. The lowest BCUT2D eigenvalue weighted by Gasteiger charge is -2.49. The average molecular weight is 264 g/mol. The Labute approximate surface area is 117 Å². The predicted octanol–water partition coefficient (Wildman–Crippen LogP) is 2.30. The Balaban J connectivity index is 1.53. The van der Waals surface area contributed by atoms with Gasteiger partial charge in [0.25, 0.3) is 0 Å². The van der Waals surface area contributed by atoms with E-state index in [1.807, 2.05) is 0 Å². The third-order valence-corrected chi connectivity index (χ3v) is 6.20. The van der Waals surface area contributed by atoms with E-state index in [-0.39, 0.29) is 0 Å². The minimum Gasteiger partial charge on any atom is -0.373 e. The van der Waals surface area contributed by atoms with Gasteiger partial charge in [-0.15, -0.1) is 0 Å². The first-order valence-corrected chi connectivity index (χ1v) is 8.46. The maximum atomic E-state index is 6.12. The summed E-state index contributed by atoms with van der Waals surface area (Å²) >= 11 is 0. The van der Waals surface area contributed by atoms with Crippen molar-refractivity contribution < 1.29 is 4.74 Å². The summed E-state index contributed by atoms with van der Waals surface area (Å²) in [5.74, 6) is 0. The highest BCUT2D eigenvalue weighted by Gasteiger charge is 2.49. The lowest BCUT2D eigenvalue weighted by atomic mass is 9.86. The van der Waals surface area contributed by atoms with Crippen molar-refractivity contribution in [3.8, 4) is 0 Å². The van der Waals surface area contributed by atoms with Gasteiger partial charge in [0.1, 0.15) is 0 Å². The maximum absolute atomic E-state index is 6.12. The van der Waals surface area contributed by atoms with Gasteiger partial charge < -0.3 is 10.1 Å². The average Bonchev–Trinajstić information content (AvgIpc) is 3.15. The molecule has 3 saturated heterocycles. The molecule has 0 aromatic heterocycles. The van der Waals surface area contributed by atoms with Crippen molar-refractivity contribution in [3.63, 3.8) is 0 Å². The van der Waals surface area contributed by atoms with Crippen LogP contribution in [0.15, 0.2) is 0 Å². The van der Waals surface area contributed by atoms with Crippen LogP contribution in [0.4, 0.5) is 0 Å². The third kappa shape index (κ3) is 2.05. The van der Waals surface area contributed by atoms with Crippen LogP contribution in [0.2, 0.25) is 0 Å². The molecule has 108 valence electrons. The lowest BCUT2D eigenvalue weighted by Crippen LogP contribution is -2.66. The van der Waals surface area contributed by atoms with Crippen molar-refractivity contribution in [1.82, 2.24) is 10.2 Å². The van der Waals surface area contributed by atoms with Gasteiger partial charge in [-0.2, -0.15) is 0 Å². The first kappa shape index (κ1) is 12.6. The van der Waals surface area contributed by atoms with E-state index in [2.05, 4.69) is 17.1 Å². The quantitative estimate of drug-likeness (QED) is 0.828. The molecule has 1 N–H and O–H groups in total. The number of fused-ring (bicyclic) bond motifs is 2. The van der Waals surface area contributed by atoms with Gasteiger partial charge in [0.15, 0.2) is 0 Å². The van der Waals surface area contributed by atoms with Gasteiger partial charge >= 0.3 is 0 Å². The van der Waals surface area contributed by atoms with E-state index in [0.29, 0.717) is 17.7 Å². The first-order valence-electron chi connectivity index (χ1n) is 8.46. The first-order chi connectivity index (χ1) is 9.30. The molecule has 1 aliphatic carbocycles. The maximum Gasteiger partial charge on any atom is 0.0736 e. The van der Waals surface area contributed by atoms with E-state index in [1.165, 1.54) is 64.5 Å². The zero-order chi connectivity index (χ0) is 12.9. The van der Waals surface area contributed by atoms with Crippen molar-refractivity contribution in [3.05, 3.63) is 0 Å². The number of rotatable bonds is 2. The Morgan fingerprint density at radius 1 is 1.26 bits per heavy atom. The molecule has 0 radical (unpaired) electrons. The molecule has 4 aliphatic rings. The molecule has 2 bridgehead atoms. The molecule has 4 fully saturated rings. The minimum atomic E-state index is 0.452. The summed E-state index contributed by atoms with van der Waals surface area (Å²) in [6, 6.07) is 1.46. The van der Waals surface area contributed by atoms with E-state index in [0.717, 1.165) is 12.1 Å². The highest BCUT2D eigenvalue weighted by Crippen LogP contribution is 2.41. The summed E-state index contributed by atoms with van der Waals surface area (Å²) in [5, 5.41) is 3.91. The predicted molar refractivity (Wildman–Crippen MR) is 76.3 cm³/mol. The molecular weight excluding hydrogens is 236 g/mol. The van der Waals surface area contributed by atoms with Crippen molar-refractivity contribution in [1.29, 1.82) is 0 Å². The molecule has 0 aromatic rings. The normalized spacial score (nSPS) is 45.3. The monoisotopic (exact) mass is 264 g/mol. The van der Waals surface area contributed by atoms with Crippen molar-refractivity contribution in [2.75, 3.05) is 13.1 Å². The zero-order valence-corrected chi connectivity index (χ0v) is 12.2. The van der Waals surface area contributed by atoms with Crippen molar-refractivity contribution in [2.45, 2.75) is 88.1 Å². The van der Waals surface area contributed by atoms with E-state index in [1.54, 1.807) is 0 Å². The van der Waals surface area contributed by atoms with E-state index < -0.39 is 0 Å². The zero-order valence-electron chi connectivity index (χ0n) is 12.2. The molecule has 1 spiro atoms. The highest BCUT2D eigenvalue weighted by molar-refractivity contribution is 5.05. The Morgan fingerprint density at radius 3 is 2.74 bits per heavy atom. The number of nitrogens with zero attached hydrogens (tertiary/aromatic N) is 1. The number of ether oxygens (including phenoxy) is 1. The molecule has 3 heterocycles. The molecule has 3 aliphatic heterocycles. The van der Waals surface area contributed by atoms with Gasteiger partial charge in [-0.3, -0.25) is 4.90 Å². The summed E-state index contributed by atoms with van der Waals surface area (Å²) in [7, 11) is 0. The fourth-order valence-corrected chi connectivity index (χ4v) is 5.10. The molecule has 19 heavy (non-hydrogen) atoms. The van der Waals surface area contributed by atoms with Crippen LogP contribution in [0.25, 0.3) is 0 Å². The van der Waals surface area contributed by atoms with Crippen LogP contribution in [0.5, 0.6) is 0 Å². The number of piperazine rings is 1. The Hall–Kier alpha value is -0.120. The number of hydrogen-bond donors (Lipinski definition) is 1. The fourth-order valence-electron chi connectivity index (χ4n) is 5.10. The van der Waals surface area contributed by atoms with E-state index in [4.69, 9.17) is 4.74 Å².